The molecule has 0 saturated heterocycles. The fourth-order valence-electron chi connectivity index (χ4n) is 2.81. The largest absolute Gasteiger partial charge is 0.386 e. The first-order valence-corrected chi connectivity index (χ1v) is 10.9. The highest BCUT2D eigenvalue weighted by Crippen LogP contribution is 2.27. The first kappa shape index (κ1) is 21.8. The zero-order valence-corrected chi connectivity index (χ0v) is 17.5. The van der Waals surface area contributed by atoms with Crippen molar-refractivity contribution in [2.24, 2.45) is 10.7 Å². The number of aliphatic imine (C=N–C) groups is 1. The lowest BCUT2D eigenvalue weighted by Gasteiger charge is -2.05. The third-order valence-corrected chi connectivity index (χ3v) is 5.45. The number of hydrogen-bond donors (Lipinski definition) is 3. The Kier molecular flexibility index (Phi) is 7.86. The predicted molar refractivity (Wildman–Crippen MR) is 118 cm³/mol. The number of nitro benzene ring substituents is 1. The quantitative estimate of drug-likeness (QED) is 0.156. The number of nitrogens with one attached hydrogen (secondary N) is 2. The number of rotatable bonds is 12. The Morgan fingerprint density at radius 3 is 2.87 bits per heavy atom. The normalized spacial score (nSPS) is 13.9. The second-order valence-corrected chi connectivity index (χ2v) is 8.05. The highest BCUT2D eigenvalue weighted by Gasteiger charge is 2.20. The lowest BCUT2D eigenvalue weighted by molar-refractivity contribution is -0.384. The molecular weight excluding hydrogens is 404 g/mol. The molecule has 4 N–H and O–H groups in total. The summed E-state index contributed by atoms with van der Waals surface area (Å²) in [5.41, 5.74) is 6.79. The molecule has 0 unspecified atom stereocenters. The van der Waals surface area contributed by atoms with Crippen molar-refractivity contribution in [3.05, 3.63) is 45.5 Å². The fourth-order valence-corrected chi connectivity index (χ4v) is 3.60. The molecule has 0 aliphatic heterocycles. The van der Waals surface area contributed by atoms with Crippen molar-refractivity contribution in [3.8, 4) is 10.6 Å². The van der Waals surface area contributed by atoms with Crippen molar-refractivity contribution in [2.45, 2.75) is 38.1 Å². The molecule has 1 amide bonds. The van der Waals surface area contributed by atoms with Crippen molar-refractivity contribution in [1.29, 1.82) is 0 Å². The van der Waals surface area contributed by atoms with Gasteiger partial charge in [0.15, 0.2) is 0 Å². The van der Waals surface area contributed by atoms with Gasteiger partial charge < -0.3 is 16.4 Å². The zero-order chi connectivity index (χ0) is 21.3. The van der Waals surface area contributed by atoms with Crippen LogP contribution in [0.2, 0.25) is 0 Å². The monoisotopic (exact) mass is 430 g/mol. The van der Waals surface area contributed by atoms with E-state index in [1.165, 1.54) is 23.5 Å². The van der Waals surface area contributed by atoms with E-state index >= 15 is 0 Å². The number of hydrogen-bond acceptors (Lipinski definition) is 7. The summed E-state index contributed by atoms with van der Waals surface area (Å²) < 4.78 is 0. The molecule has 3 rings (SSSR count). The molecule has 10 heteroatoms. The number of amidine groups is 1. The van der Waals surface area contributed by atoms with E-state index in [0.717, 1.165) is 38.6 Å². The van der Waals surface area contributed by atoms with E-state index in [4.69, 9.17) is 5.73 Å². The maximum absolute atomic E-state index is 12.3. The van der Waals surface area contributed by atoms with Crippen LogP contribution in [-0.2, 0) is 0 Å². The summed E-state index contributed by atoms with van der Waals surface area (Å²) >= 11 is 1.29. The summed E-state index contributed by atoms with van der Waals surface area (Å²) in [7, 11) is 0. The van der Waals surface area contributed by atoms with Gasteiger partial charge >= 0.3 is 0 Å². The van der Waals surface area contributed by atoms with Crippen LogP contribution in [0.25, 0.3) is 10.6 Å². The summed E-state index contributed by atoms with van der Waals surface area (Å²) in [6.07, 6.45) is 5.18. The molecule has 1 fully saturated rings. The van der Waals surface area contributed by atoms with Crippen LogP contribution in [0.5, 0.6) is 0 Å². The van der Waals surface area contributed by atoms with E-state index < -0.39 is 4.92 Å². The van der Waals surface area contributed by atoms with E-state index in [9.17, 15) is 14.9 Å². The molecular formula is C20H26N6O3S. The maximum atomic E-state index is 12.3. The van der Waals surface area contributed by atoms with Crippen LogP contribution in [0.3, 0.4) is 0 Å². The minimum absolute atomic E-state index is 0.000997. The van der Waals surface area contributed by atoms with Crippen LogP contribution in [0.15, 0.2) is 34.6 Å². The summed E-state index contributed by atoms with van der Waals surface area (Å²) in [6.45, 7) is 2.07. The Morgan fingerprint density at radius 2 is 2.10 bits per heavy atom. The van der Waals surface area contributed by atoms with Crippen molar-refractivity contribution in [3.63, 3.8) is 0 Å². The second-order valence-electron chi connectivity index (χ2n) is 7.19. The minimum atomic E-state index is -0.447. The Labute approximate surface area is 179 Å². The molecule has 1 aliphatic carbocycles. The molecule has 30 heavy (non-hydrogen) atoms. The van der Waals surface area contributed by atoms with Crippen LogP contribution >= 0.6 is 11.3 Å². The van der Waals surface area contributed by atoms with Crippen LogP contribution in [0.1, 0.15) is 42.6 Å². The SMILES string of the molecule is NC(CNCCCCCNC(=O)c1csc(-c2cccc([N+](=O)[O-])c2)n1)=NC1CC1. The van der Waals surface area contributed by atoms with Crippen LogP contribution in [-0.4, -0.2) is 47.3 Å². The Hall–Kier alpha value is -2.85. The number of amides is 1. The molecule has 0 atom stereocenters. The molecule has 2 aromatic rings. The first-order chi connectivity index (χ1) is 14.5. The van der Waals surface area contributed by atoms with E-state index in [1.807, 2.05) is 0 Å². The number of carbonyl (C=O) groups excluding carboxylic acids is 1. The summed E-state index contributed by atoms with van der Waals surface area (Å²) in [5.74, 6) is 0.447. The molecule has 1 aromatic carbocycles. The Balaban J connectivity index is 1.33. The van der Waals surface area contributed by atoms with Gasteiger partial charge in [0.2, 0.25) is 0 Å². The van der Waals surface area contributed by atoms with Gasteiger partial charge in [0.05, 0.1) is 17.5 Å². The van der Waals surface area contributed by atoms with E-state index in [1.54, 1.807) is 17.5 Å². The van der Waals surface area contributed by atoms with Crippen molar-refractivity contribution in [1.82, 2.24) is 15.6 Å². The topological polar surface area (TPSA) is 136 Å². The third-order valence-electron chi connectivity index (χ3n) is 4.56. The van der Waals surface area contributed by atoms with Gasteiger partial charge in [-0.05, 0) is 32.2 Å². The van der Waals surface area contributed by atoms with Gasteiger partial charge in [-0.2, -0.15) is 0 Å². The zero-order valence-electron chi connectivity index (χ0n) is 16.7. The number of carbonyl (C=O) groups is 1. The standard InChI is InChI=1S/C20H26N6O3S/c21-18(24-15-7-8-15)12-22-9-2-1-3-10-23-19(27)17-13-30-20(25-17)14-5-4-6-16(11-14)26(28)29/h4-6,11,13,15,22H,1-3,7-10,12H2,(H2,21,24)(H,23,27). The van der Waals surface area contributed by atoms with Gasteiger partial charge in [-0.3, -0.25) is 19.9 Å². The van der Waals surface area contributed by atoms with Gasteiger partial charge in [0, 0.05) is 29.6 Å². The molecule has 9 nitrogen and oxygen atoms in total. The van der Waals surface area contributed by atoms with Crippen LogP contribution in [0.4, 0.5) is 5.69 Å². The fraction of sp³-hybridized carbons (Fsp3) is 0.450. The number of nitro groups is 1. The molecule has 1 aliphatic rings. The lowest BCUT2D eigenvalue weighted by Crippen LogP contribution is -2.30. The summed E-state index contributed by atoms with van der Waals surface area (Å²) in [6, 6.07) is 6.69. The highest BCUT2D eigenvalue weighted by atomic mass is 32.1. The molecule has 0 bridgehead atoms. The summed E-state index contributed by atoms with van der Waals surface area (Å²) in [4.78, 5) is 31.4. The highest BCUT2D eigenvalue weighted by molar-refractivity contribution is 7.13. The van der Waals surface area contributed by atoms with Crippen LogP contribution < -0.4 is 16.4 Å². The number of benzene rings is 1. The predicted octanol–water partition coefficient (Wildman–Crippen LogP) is 2.73. The van der Waals surface area contributed by atoms with E-state index in [-0.39, 0.29) is 11.6 Å². The molecule has 1 aromatic heterocycles. The van der Waals surface area contributed by atoms with Gasteiger partial charge in [-0.1, -0.05) is 18.6 Å². The number of thiazole rings is 1. The second kappa shape index (κ2) is 10.8. The number of nitrogens with zero attached hydrogens (tertiary/aromatic N) is 3. The van der Waals surface area contributed by atoms with Gasteiger partial charge in [-0.15, -0.1) is 11.3 Å². The minimum Gasteiger partial charge on any atom is -0.386 e. The number of non-ortho nitro benzene ring substituents is 1. The molecule has 160 valence electrons. The average molecular weight is 431 g/mol. The molecule has 0 spiro atoms. The van der Waals surface area contributed by atoms with Crippen molar-refractivity contribution in [2.75, 3.05) is 19.6 Å². The number of unbranched alkanes of at least 4 members (excludes halogenated alkanes) is 2. The molecule has 1 saturated carbocycles. The van der Waals surface area contributed by atoms with E-state index in [0.29, 0.717) is 41.2 Å². The van der Waals surface area contributed by atoms with Gasteiger partial charge in [-0.25, -0.2) is 4.98 Å². The smallest absolute Gasteiger partial charge is 0.270 e. The Morgan fingerprint density at radius 1 is 1.30 bits per heavy atom. The number of nitrogens with two attached hydrogens (primary N) is 1. The molecule has 0 radical (unpaired) electrons. The van der Waals surface area contributed by atoms with E-state index in [2.05, 4.69) is 20.6 Å². The Bertz CT molecular complexity index is 909. The van der Waals surface area contributed by atoms with Crippen molar-refractivity contribution >= 4 is 28.8 Å². The first-order valence-electron chi connectivity index (χ1n) is 10.0. The summed E-state index contributed by atoms with van der Waals surface area (Å²) in [5, 5.41) is 19.3. The average Bonchev–Trinajstić information content (AvgIpc) is 3.40. The van der Waals surface area contributed by atoms with Crippen LogP contribution in [0, 0.1) is 10.1 Å². The number of aromatic nitrogens is 1. The van der Waals surface area contributed by atoms with Gasteiger partial charge in [0.25, 0.3) is 11.6 Å². The maximum Gasteiger partial charge on any atom is 0.270 e. The lowest BCUT2D eigenvalue weighted by atomic mass is 10.2. The third kappa shape index (κ3) is 6.89. The van der Waals surface area contributed by atoms with Crippen molar-refractivity contribution < 1.29 is 9.72 Å². The molecule has 1 heterocycles. The van der Waals surface area contributed by atoms with Gasteiger partial charge in [0.1, 0.15) is 16.5 Å².